The van der Waals surface area contributed by atoms with E-state index in [0.717, 1.165) is 5.56 Å². The van der Waals surface area contributed by atoms with Gasteiger partial charge in [-0.1, -0.05) is 29.3 Å². The van der Waals surface area contributed by atoms with Crippen molar-refractivity contribution in [1.29, 1.82) is 0 Å². The first kappa shape index (κ1) is 20.3. The third kappa shape index (κ3) is 4.88. The first-order chi connectivity index (χ1) is 13.3. The van der Waals surface area contributed by atoms with E-state index in [1.54, 1.807) is 23.1 Å². The highest BCUT2D eigenvalue weighted by atomic mass is 35.5. The second-order valence-corrected chi connectivity index (χ2v) is 7.65. The minimum atomic E-state index is -0.240. The van der Waals surface area contributed by atoms with Gasteiger partial charge < -0.3 is 20.6 Å². The van der Waals surface area contributed by atoms with Crippen LogP contribution in [0.25, 0.3) is 0 Å². The van der Waals surface area contributed by atoms with E-state index in [9.17, 15) is 14.7 Å². The summed E-state index contributed by atoms with van der Waals surface area (Å²) in [7, 11) is 0. The Labute approximate surface area is 173 Å². The molecule has 28 heavy (non-hydrogen) atoms. The average molecular weight is 422 g/mol. The van der Waals surface area contributed by atoms with Gasteiger partial charge in [0.05, 0.1) is 5.69 Å². The number of urea groups is 1. The number of halogens is 2. The molecule has 1 heterocycles. The van der Waals surface area contributed by atoms with Crippen LogP contribution in [0.4, 0.5) is 16.2 Å². The number of anilines is 2. The number of rotatable bonds is 3. The minimum Gasteiger partial charge on any atom is -0.506 e. The third-order valence-corrected chi connectivity index (χ3v) is 5.43. The van der Waals surface area contributed by atoms with E-state index in [4.69, 9.17) is 23.2 Å². The van der Waals surface area contributed by atoms with E-state index in [1.165, 1.54) is 12.1 Å². The molecule has 0 spiro atoms. The lowest BCUT2D eigenvalue weighted by molar-refractivity contribution is -0.121. The van der Waals surface area contributed by atoms with Crippen molar-refractivity contribution in [2.45, 2.75) is 19.8 Å². The molecule has 6 nitrogen and oxygen atoms in total. The van der Waals surface area contributed by atoms with E-state index in [1.807, 2.05) is 13.0 Å². The number of aryl methyl sites for hydroxylation is 1. The molecular weight excluding hydrogens is 401 g/mol. The van der Waals surface area contributed by atoms with Crippen LogP contribution in [0.1, 0.15) is 18.4 Å². The normalized spacial score (nSPS) is 14.6. The van der Waals surface area contributed by atoms with Gasteiger partial charge in [-0.25, -0.2) is 4.79 Å². The Balaban J connectivity index is 1.53. The number of benzene rings is 2. The molecule has 0 aliphatic carbocycles. The Morgan fingerprint density at radius 3 is 2.46 bits per heavy atom. The molecule has 0 aromatic heterocycles. The molecule has 8 heteroatoms. The lowest BCUT2D eigenvalue weighted by atomic mass is 9.96. The van der Waals surface area contributed by atoms with Crippen molar-refractivity contribution < 1.29 is 14.7 Å². The highest BCUT2D eigenvalue weighted by Crippen LogP contribution is 2.28. The molecule has 0 radical (unpaired) electrons. The number of hydrogen-bond donors (Lipinski definition) is 3. The monoisotopic (exact) mass is 421 g/mol. The van der Waals surface area contributed by atoms with Crippen LogP contribution in [0.15, 0.2) is 36.4 Å². The van der Waals surface area contributed by atoms with E-state index >= 15 is 0 Å². The van der Waals surface area contributed by atoms with Crippen LogP contribution in [0, 0.1) is 12.8 Å². The van der Waals surface area contributed by atoms with Gasteiger partial charge in [0.1, 0.15) is 5.75 Å². The molecule has 1 aliphatic rings. The minimum absolute atomic E-state index is 0.0358. The Morgan fingerprint density at radius 1 is 1.07 bits per heavy atom. The van der Waals surface area contributed by atoms with Crippen LogP contribution in [0.5, 0.6) is 5.75 Å². The fraction of sp³-hybridized carbons (Fsp3) is 0.300. The zero-order chi connectivity index (χ0) is 20.3. The molecule has 0 atom stereocenters. The molecule has 2 aromatic carbocycles. The first-order valence-electron chi connectivity index (χ1n) is 8.95. The van der Waals surface area contributed by atoms with E-state index in [-0.39, 0.29) is 29.3 Å². The predicted octanol–water partition coefficient (Wildman–Crippen LogP) is 4.89. The van der Waals surface area contributed by atoms with Crippen molar-refractivity contribution in [2.24, 2.45) is 5.92 Å². The number of nitrogens with one attached hydrogen (secondary N) is 2. The van der Waals surface area contributed by atoms with Crippen LogP contribution in [0.2, 0.25) is 10.0 Å². The van der Waals surface area contributed by atoms with Gasteiger partial charge in [0, 0.05) is 34.7 Å². The molecule has 2 aromatic rings. The summed E-state index contributed by atoms with van der Waals surface area (Å²) < 4.78 is 0. The number of phenolic OH excluding ortho intramolecular Hbond substituents is 1. The van der Waals surface area contributed by atoms with Gasteiger partial charge in [-0.05, 0) is 55.7 Å². The van der Waals surface area contributed by atoms with Crippen LogP contribution >= 0.6 is 23.2 Å². The maximum Gasteiger partial charge on any atom is 0.321 e. The second kappa shape index (κ2) is 8.71. The summed E-state index contributed by atoms with van der Waals surface area (Å²) in [5.74, 6) is -0.467. The zero-order valence-electron chi connectivity index (χ0n) is 15.3. The quantitative estimate of drug-likeness (QED) is 0.616. The summed E-state index contributed by atoms with van der Waals surface area (Å²) in [4.78, 5) is 26.6. The Kier molecular flexibility index (Phi) is 6.31. The number of phenols is 1. The smallest absolute Gasteiger partial charge is 0.321 e. The highest BCUT2D eigenvalue weighted by Gasteiger charge is 2.28. The summed E-state index contributed by atoms with van der Waals surface area (Å²) in [5, 5.41) is 16.4. The first-order valence-corrected chi connectivity index (χ1v) is 9.70. The highest BCUT2D eigenvalue weighted by molar-refractivity contribution is 6.31. The van der Waals surface area contributed by atoms with E-state index < -0.39 is 0 Å². The number of carbonyl (C=O) groups excluding carboxylic acids is 2. The van der Waals surface area contributed by atoms with Gasteiger partial charge in [-0.2, -0.15) is 0 Å². The van der Waals surface area contributed by atoms with Gasteiger partial charge in [0.25, 0.3) is 0 Å². The van der Waals surface area contributed by atoms with Crippen LogP contribution in [-0.2, 0) is 4.79 Å². The Morgan fingerprint density at radius 2 is 1.79 bits per heavy atom. The molecule has 148 valence electrons. The lowest BCUT2D eigenvalue weighted by Gasteiger charge is -2.31. The van der Waals surface area contributed by atoms with Crippen molar-refractivity contribution in [3.05, 3.63) is 52.0 Å². The van der Waals surface area contributed by atoms with Crippen LogP contribution in [-0.4, -0.2) is 35.0 Å². The third-order valence-electron chi connectivity index (χ3n) is 4.79. The lowest BCUT2D eigenvalue weighted by Crippen LogP contribution is -2.43. The van der Waals surface area contributed by atoms with Gasteiger partial charge in [0.15, 0.2) is 0 Å². The van der Waals surface area contributed by atoms with E-state index in [2.05, 4.69) is 10.6 Å². The predicted molar refractivity (Wildman–Crippen MR) is 111 cm³/mol. The molecule has 3 rings (SSSR count). The van der Waals surface area contributed by atoms with Gasteiger partial charge >= 0.3 is 6.03 Å². The number of nitrogens with zero attached hydrogens (tertiary/aromatic N) is 1. The summed E-state index contributed by atoms with van der Waals surface area (Å²) in [6.45, 7) is 2.82. The van der Waals surface area contributed by atoms with Gasteiger partial charge in [-0.15, -0.1) is 0 Å². The molecular formula is C20H21Cl2N3O3. The number of piperidine rings is 1. The topological polar surface area (TPSA) is 81.7 Å². The summed E-state index contributed by atoms with van der Waals surface area (Å²) in [6, 6.07) is 9.63. The standard InChI is InChI=1S/C20H21Cl2N3O3/c1-12-2-4-15(11-16(12)22)23-20(28)25-8-6-13(7-9-25)19(27)24-17-10-14(21)3-5-18(17)26/h2-5,10-11,13,26H,6-9H2,1H3,(H,23,28)(H,24,27). The van der Waals surface area contributed by atoms with Gasteiger partial charge in [-0.3, -0.25) is 4.79 Å². The number of carbonyl (C=O) groups is 2. The van der Waals surface area contributed by atoms with Crippen LogP contribution < -0.4 is 10.6 Å². The van der Waals surface area contributed by atoms with Crippen molar-refractivity contribution >= 4 is 46.5 Å². The van der Waals surface area contributed by atoms with Crippen molar-refractivity contribution in [3.8, 4) is 5.75 Å². The zero-order valence-corrected chi connectivity index (χ0v) is 16.8. The van der Waals surface area contributed by atoms with Crippen molar-refractivity contribution in [2.75, 3.05) is 23.7 Å². The SMILES string of the molecule is Cc1ccc(NC(=O)N2CCC(C(=O)Nc3cc(Cl)ccc3O)CC2)cc1Cl. The van der Waals surface area contributed by atoms with Crippen molar-refractivity contribution in [3.63, 3.8) is 0 Å². The summed E-state index contributed by atoms with van der Waals surface area (Å²) >= 11 is 12.0. The molecule has 1 aliphatic heterocycles. The Bertz CT molecular complexity index is 896. The Hall–Kier alpha value is -2.44. The second-order valence-electron chi connectivity index (χ2n) is 6.81. The van der Waals surface area contributed by atoms with Crippen LogP contribution in [0.3, 0.4) is 0 Å². The largest absolute Gasteiger partial charge is 0.506 e. The van der Waals surface area contributed by atoms with Gasteiger partial charge in [0.2, 0.25) is 5.91 Å². The number of likely N-dealkylation sites (tertiary alicyclic amines) is 1. The molecule has 1 saturated heterocycles. The average Bonchev–Trinajstić information content (AvgIpc) is 2.67. The number of amides is 3. The summed E-state index contributed by atoms with van der Waals surface area (Å²) in [6.07, 6.45) is 1.07. The summed E-state index contributed by atoms with van der Waals surface area (Å²) in [5.41, 5.74) is 1.86. The van der Waals surface area contributed by atoms with Crippen molar-refractivity contribution in [1.82, 2.24) is 4.90 Å². The van der Waals surface area contributed by atoms with E-state index in [0.29, 0.717) is 41.7 Å². The maximum atomic E-state index is 12.5. The molecule has 0 saturated carbocycles. The number of hydrogen-bond acceptors (Lipinski definition) is 3. The fourth-order valence-electron chi connectivity index (χ4n) is 3.06. The molecule has 3 amide bonds. The molecule has 3 N–H and O–H groups in total. The fourth-order valence-corrected chi connectivity index (χ4v) is 3.41. The molecule has 0 bridgehead atoms. The maximum absolute atomic E-state index is 12.5. The molecule has 1 fully saturated rings. The molecule has 0 unspecified atom stereocenters. The number of aromatic hydroxyl groups is 1.